The summed E-state index contributed by atoms with van der Waals surface area (Å²) in [4.78, 5) is 0. The second-order valence-electron chi connectivity index (χ2n) is 5.00. The van der Waals surface area contributed by atoms with E-state index in [4.69, 9.17) is 0 Å². The van der Waals surface area contributed by atoms with Crippen molar-refractivity contribution in [3.8, 4) is 0 Å². The molecule has 7 heteroatoms. The van der Waals surface area contributed by atoms with Crippen molar-refractivity contribution in [1.29, 1.82) is 0 Å². The van der Waals surface area contributed by atoms with Crippen molar-refractivity contribution in [3.63, 3.8) is 0 Å². The molecule has 0 aliphatic carbocycles. The summed E-state index contributed by atoms with van der Waals surface area (Å²) in [6.07, 6.45) is 1.84. The topological polar surface area (TPSA) is 78.1 Å². The molecule has 0 aromatic carbocycles. The molecule has 2 rings (SSSR count). The van der Waals surface area contributed by atoms with Crippen LogP contribution in [0.5, 0.6) is 0 Å². The van der Waals surface area contributed by atoms with Crippen LogP contribution in [-0.4, -0.2) is 36.0 Å². The summed E-state index contributed by atoms with van der Waals surface area (Å²) in [5, 5.41) is 6.76. The fourth-order valence-electron chi connectivity index (χ4n) is 2.12. The summed E-state index contributed by atoms with van der Waals surface area (Å²) in [6.45, 7) is 6.91. The van der Waals surface area contributed by atoms with Crippen LogP contribution in [0.3, 0.4) is 0 Å². The number of aromatic amines is 1. The van der Waals surface area contributed by atoms with Crippen molar-refractivity contribution >= 4 is 15.9 Å². The van der Waals surface area contributed by atoms with Gasteiger partial charge in [0.15, 0.2) is 0 Å². The molecule has 2 heterocycles. The fraction of sp³-hybridized carbons (Fsp3) is 0.727. The monoisotopic (exact) mass is 272 g/mol. The second-order valence-corrected chi connectivity index (χ2v) is 6.67. The number of anilines is 1. The Kier molecular flexibility index (Phi) is 3.63. The SMILES string of the molecule is Cc1n[nH]c(C)c1NS(=O)(=O)N1CCC(C)CC1. The molecule has 2 N–H and O–H groups in total. The zero-order chi connectivity index (χ0) is 13.3. The smallest absolute Gasteiger partial charge is 0.280 e. The molecule has 102 valence electrons. The van der Waals surface area contributed by atoms with E-state index in [1.54, 1.807) is 13.8 Å². The highest BCUT2D eigenvalue weighted by Gasteiger charge is 2.27. The zero-order valence-corrected chi connectivity index (χ0v) is 11.8. The van der Waals surface area contributed by atoms with Gasteiger partial charge in [0.1, 0.15) is 0 Å². The van der Waals surface area contributed by atoms with Crippen LogP contribution in [0.4, 0.5) is 5.69 Å². The summed E-state index contributed by atoms with van der Waals surface area (Å²) in [5.74, 6) is 0.605. The van der Waals surface area contributed by atoms with Gasteiger partial charge in [0.05, 0.1) is 17.1 Å². The molecule has 0 amide bonds. The maximum absolute atomic E-state index is 12.2. The van der Waals surface area contributed by atoms with Gasteiger partial charge < -0.3 is 0 Å². The molecule has 1 aromatic heterocycles. The first-order valence-corrected chi connectivity index (χ1v) is 7.63. The molecular weight excluding hydrogens is 252 g/mol. The second kappa shape index (κ2) is 4.89. The lowest BCUT2D eigenvalue weighted by molar-refractivity contribution is 0.289. The highest BCUT2D eigenvalue weighted by molar-refractivity contribution is 7.90. The minimum Gasteiger partial charge on any atom is -0.280 e. The van der Waals surface area contributed by atoms with E-state index >= 15 is 0 Å². The summed E-state index contributed by atoms with van der Waals surface area (Å²) < 4.78 is 28.6. The van der Waals surface area contributed by atoms with Gasteiger partial charge in [-0.05, 0) is 32.6 Å². The third-order valence-corrected chi connectivity index (χ3v) is 4.95. The van der Waals surface area contributed by atoms with Gasteiger partial charge in [0.2, 0.25) is 0 Å². The number of hydrogen-bond donors (Lipinski definition) is 2. The van der Waals surface area contributed by atoms with Crippen molar-refractivity contribution in [2.45, 2.75) is 33.6 Å². The highest BCUT2D eigenvalue weighted by atomic mass is 32.2. The van der Waals surface area contributed by atoms with Gasteiger partial charge in [0.25, 0.3) is 0 Å². The Labute approximate surface area is 108 Å². The zero-order valence-electron chi connectivity index (χ0n) is 11.0. The van der Waals surface area contributed by atoms with Gasteiger partial charge in [-0.2, -0.15) is 17.8 Å². The van der Waals surface area contributed by atoms with E-state index < -0.39 is 10.2 Å². The number of aryl methyl sites for hydroxylation is 2. The summed E-state index contributed by atoms with van der Waals surface area (Å²) in [5.41, 5.74) is 1.97. The average Bonchev–Trinajstić information content (AvgIpc) is 2.61. The normalized spacial score (nSPS) is 19.1. The molecule has 1 fully saturated rings. The molecule has 0 bridgehead atoms. The van der Waals surface area contributed by atoms with Gasteiger partial charge in [0, 0.05) is 13.1 Å². The number of hydrogen-bond acceptors (Lipinski definition) is 3. The average molecular weight is 272 g/mol. The first-order valence-electron chi connectivity index (χ1n) is 6.19. The van der Waals surface area contributed by atoms with Gasteiger partial charge >= 0.3 is 10.2 Å². The summed E-state index contributed by atoms with van der Waals surface area (Å²) in [6, 6.07) is 0. The van der Waals surface area contributed by atoms with Gasteiger partial charge in [-0.3, -0.25) is 9.82 Å². The van der Waals surface area contributed by atoms with Gasteiger partial charge in [-0.1, -0.05) is 6.92 Å². The molecule has 0 atom stereocenters. The van der Waals surface area contributed by atoms with Crippen molar-refractivity contribution in [3.05, 3.63) is 11.4 Å². The number of nitrogens with one attached hydrogen (secondary N) is 2. The van der Waals surface area contributed by atoms with E-state index in [9.17, 15) is 8.42 Å². The van der Waals surface area contributed by atoms with Crippen molar-refractivity contribution in [1.82, 2.24) is 14.5 Å². The number of H-pyrrole nitrogens is 1. The predicted molar refractivity (Wildman–Crippen MR) is 70.6 cm³/mol. The Hall–Kier alpha value is -1.08. The van der Waals surface area contributed by atoms with Gasteiger partial charge in [-0.25, -0.2) is 0 Å². The quantitative estimate of drug-likeness (QED) is 0.873. The molecule has 1 saturated heterocycles. The van der Waals surface area contributed by atoms with Crippen molar-refractivity contribution in [2.24, 2.45) is 5.92 Å². The van der Waals surface area contributed by atoms with Gasteiger partial charge in [-0.15, -0.1) is 0 Å². The number of nitrogens with zero attached hydrogens (tertiary/aromatic N) is 2. The van der Waals surface area contributed by atoms with Crippen LogP contribution < -0.4 is 4.72 Å². The molecule has 0 unspecified atom stereocenters. The molecule has 6 nitrogen and oxygen atoms in total. The number of piperidine rings is 1. The maximum atomic E-state index is 12.2. The lowest BCUT2D eigenvalue weighted by atomic mass is 10.0. The molecule has 1 aliphatic heterocycles. The Balaban J connectivity index is 2.13. The molecule has 1 aliphatic rings. The fourth-order valence-corrected chi connectivity index (χ4v) is 3.50. The van der Waals surface area contributed by atoms with E-state index in [0.717, 1.165) is 18.5 Å². The lowest BCUT2D eigenvalue weighted by Gasteiger charge is -2.29. The van der Waals surface area contributed by atoms with Crippen LogP contribution in [0, 0.1) is 19.8 Å². The minimum absolute atomic E-state index is 0.564. The van der Waals surface area contributed by atoms with Crippen LogP contribution in [0.2, 0.25) is 0 Å². The first-order chi connectivity index (χ1) is 8.40. The third kappa shape index (κ3) is 2.67. The van der Waals surface area contributed by atoms with E-state index in [-0.39, 0.29) is 0 Å². The van der Waals surface area contributed by atoms with Crippen LogP contribution >= 0.6 is 0 Å². The molecule has 0 saturated carbocycles. The molecule has 1 aromatic rings. The Morgan fingerprint density at radius 3 is 2.44 bits per heavy atom. The Bertz CT molecular complexity index is 496. The third-order valence-electron chi connectivity index (χ3n) is 3.44. The molecule has 0 spiro atoms. The number of aromatic nitrogens is 2. The molecular formula is C11H20N4O2S. The van der Waals surface area contributed by atoms with Crippen LogP contribution in [0.1, 0.15) is 31.2 Å². The Morgan fingerprint density at radius 1 is 1.33 bits per heavy atom. The van der Waals surface area contributed by atoms with Crippen LogP contribution in [0.15, 0.2) is 0 Å². The van der Waals surface area contributed by atoms with Crippen LogP contribution in [0.25, 0.3) is 0 Å². The molecule has 0 radical (unpaired) electrons. The lowest BCUT2D eigenvalue weighted by Crippen LogP contribution is -2.41. The maximum Gasteiger partial charge on any atom is 0.301 e. The van der Waals surface area contributed by atoms with E-state index in [0.29, 0.717) is 30.4 Å². The first kappa shape index (κ1) is 13.4. The Morgan fingerprint density at radius 2 is 1.94 bits per heavy atom. The summed E-state index contributed by atoms with van der Waals surface area (Å²) >= 11 is 0. The van der Waals surface area contributed by atoms with Crippen molar-refractivity contribution < 1.29 is 8.42 Å². The largest absolute Gasteiger partial charge is 0.301 e. The summed E-state index contributed by atoms with van der Waals surface area (Å²) in [7, 11) is -3.45. The van der Waals surface area contributed by atoms with E-state index in [1.165, 1.54) is 4.31 Å². The van der Waals surface area contributed by atoms with Crippen LogP contribution in [-0.2, 0) is 10.2 Å². The minimum atomic E-state index is -3.45. The predicted octanol–water partition coefficient (Wildman–Crippen LogP) is 1.42. The van der Waals surface area contributed by atoms with E-state index in [1.807, 2.05) is 0 Å². The van der Waals surface area contributed by atoms with Crippen molar-refractivity contribution in [2.75, 3.05) is 17.8 Å². The molecule has 18 heavy (non-hydrogen) atoms. The number of rotatable bonds is 3. The highest BCUT2D eigenvalue weighted by Crippen LogP contribution is 2.22. The van der Waals surface area contributed by atoms with E-state index in [2.05, 4.69) is 21.8 Å². The standard InChI is InChI=1S/C11H20N4O2S/c1-8-4-6-15(7-5-8)18(16,17)14-11-9(2)12-13-10(11)3/h8,14H,4-7H2,1-3H3,(H,12,13).